The van der Waals surface area contributed by atoms with Gasteiger partial charge in [-0.1, -0.05) is 29.8 Å². The highest BCUT2D eigenvalue weighted by atomic mass is 79.9. The van der Waals surface area contributed by atoms with Crippen LogP contribution in [0.4, 0.5) is 0 Å². The Bertz CT molecular complexity index is 652. The zero-order valence-corrected chi connectivity index (χ0v) is 15.4. The molecule has 0 unspecified atom stereocenters. The molecule has 2 rings (SSSR count). The lowest BCUT2D eigenvalue weighted by atomic mass is 9.94. The van der Waals surface area contributed by atoms with E-state index < -0.39 is 0 Å². The predicted molar refractivity (Wildman–Crippen MR) is 96.2 cm³/mol. The summed E-state index contributed by atoms with van der Waals surface area (Å²) < 4.78 is 2.17. The molecule has 1 aromatic heterocycles. The topological polar surface area (TPSA) is 68.0 Å². The first kappa shape index (κ1) is 17.4. The molecule has 0 aliphatic rings. The first-order valence-electron chi connectivity index (χ1n) is 7.56. The summed E-state index contributed by atoms with van der Waals surface area (Å²) in [6.45, 7) is 4.63. The summed E-state index contributed by atoms with van der Waals surface area (Å²) in [7, 11) is 0. The van der Waals surface area contributed by atoms with Gasteiger partial charge in [0, 0.05) is 29.4 Å². The molecule has 1 heterocycles. The number of halogens is 1. The standard InChI is InChI=1S/C16H22BrN3OS/c1-3-16(18,4-2)10-19-14(21)7-8-15-20-12-9-11(17)5-6-13(12)22-15/h5-6,9H,3-4,7-8,10,18H2,1-2H3,(H,19,21). The molecule has 3 N–H and O–H groups in total. The van der Waals surface area contributed by atoms with Gasteiger partial charge in [0.15, 0.2) is 0 Å². The summed E-state index contributed by atoms with van der Waals surface area (Å²) in [4.78, 5) is 16.5. The molecule has 120 valence electrons. The van der Waals surface area contributed by atoms with Crippen LogP contribution in [0.15, 0.2) is 22.7 Å². The minimum atomic E-state index is -0.294. The van der Waals surface area contributed by atoms with Crippen molar-refractivity contribution in [1.29, 1.82) is 0 Å². The SMILES string of the molecule is CCC(N)(CC)CNC(=O)CCc1nc2cc(Br)ccc2s1. The van der Waals surface area contributed by atoms with Crippen LogP contribution in [-0.2, 0) is 11.2 Å². The molecule has 0 aliphatic heterocycles. The van der Waals surface area contributed by atoms with Crippen molar-refractivity contribution in [3.8, 4) is 0 Å². The van der Waals surface area contributed by atoms with Crippen molar-refractivity contribution < 1.29 is 4.79 Å². The van der Waals surface area contributed by atoms with Crippen molar-refractivity contribution >= 4 is 43.4 Å². The summed E-state index contributed by atoms with van der Waals surface area (Å²) in [5, 5.41) is 3.94. The van der Waals surface area contributed by atoms with Crippen molar-refractivity contribution in [2.75, 3.05) is 6.54 Å². The van der Waals surface area contributed by atoms with Crippen LogP contribution in [-0.4, -0.2) is 23.0 Å². The number of carbonyl (C=O) groups is 1. The Morgan fingerprint density at radius 1 is 1.41 bits per heavy atom. The van der Waals surface area contributed by atoms with E-state index in [4.69, 9.17) is 5.73 Å². The van der Waals surface area contributed by atoms with E-state index in [1.54, 1.807) is 11.3 Å². The van der Waals surface area contributed by atoms with E-state index in [1.165, 1.54) is 0 Å². The number of aryl methyl sites for hydroxylation is 1. The van der Waals surface area contributed by atoms with Crippen LogP contribution in [0.25, 0.3) is 10.2 Å². The molecule has 0 fully saturated rings. The lowest BCUT2D eigenvalue weighted by Gasteiger charge is -2.26. The van der Waals surface area contributed by atoms with E-state index in [0.29, 0.717) is 19.4 Å². The minimum Gasteiger partial charge on any atom is -0.354 e. The van der Waals surface area contributed by atoms with Gasteiger partial charge >= 0.3 is 0 Å². The molecule has 1 amide bonds. The summed E-state index contributed by atoms with van der Waals surface area (Å²) >= 11 is 5.09. The number of nitrogens with zero attached hydrogens (tertiary/aromatic N) is 1. The number of hydrogen-bond donors (Lipinski definition) is 2. The van der Waals surface area contributed by atoms with Crippen molar-refractivity contribution in [3.05, 3.63) is 27.7 Å². The molecule has 0 atom stereocenters. The Labute approximate surface area is 143 Å². The highest BCUT2D eigenvalue weighted by Gasteiger charge is 2.20. The van der Waals surface area contributed by atoms with E-state index in [0.717, 1.165) is 32.5 Å². The predicted octanol–water partition coefficient (Wildman–Crippen LogP) is 3.63. The van der Waals surface area contributed by atoms with E-state index in [-0.39, 0.29) is 11.4 Å². The lowest BCUT2D eigenvalue weighted by Crippen LogP contribution is -2.49. The van der Waals surface area contributed by atoms with Gasteiger partial charge in [-0.3, -0.25) is 4.79 Å². The fourth-order valence-electron chi connectivity index (χ4n) is 2.14. The normalized spacial score (nSPS) is 11.8. The van der Waals surface area contributed by atoms with Crippen LogP contribution in [0, 0.1) is 0 Å². The van der Waals surface area contributed by atoms with Gasteiger partial charge in [0.2, 0.25) is 5.91 Å². The zero-order chi connectivity index (χ0) is 16.2. The van der Waals surface area contributed by atoms with Crippen LogP contribution in [0.5, 0.6) is 0 Å². The van der Waals surface area contributed by atoms with Crippen molar-refractivity contribution in [1.82, 2.24) is 10.3 Å². The monoisotopic (exact) mass is 383 g/mol. The zero-order valence-electron chi connectivity index (χ0n) is 13.0. The molecule has 1 aromatic carbocycles. The van der Waals surface area contributed by atoms with Crippen molar-refractivity contribution in [2.24, 2.45) is 5.73 Å². The highest BCUT2D eigenvalue weighted by molar-refractivity contribution is 9.10. The highest BCUT2D eigenvalue weighted by Crippen LogP contribution is 2.25. The Morgan fingerprint density at radius 3 is 2.82 bits per heavy atom. The van der Waals surface area contributed by atoms with Gasteiger partial charge in [-0.25, -0.2) is 4.98 Å². The number of nitrogens with two attached hydrogens (primary N) is 1. The number of nitrogens with one attached hydrogen (secondary N) is 1. The molecule has 0 saturated heterocycles. The molecule has 6 heteroatoms. The fourth-order valence-corrected chi connectivity index (χ4v) is 3.43. The molecule has 0 spiro atoms. The lowest BCUT2D eigenvalue weighted by molar-refractivity contribution is -0.121. The third kappa shape index (κ3) is 4.51. The van der Waals surface area contributed by atoms with Crippen LogP contribution in [0.3, 0.4) is 0 Å². The summed E-state index contributed by atoms with van der Waals surface area (Å²) in [5.74, 6) is 0.0390. The van der Waals surface area contributed by atoms with Crippen molar-refractivity contribution in [2.45, 2.75) is 45.1 Å². The smallest absolute Gasteiger partial charge is 0.220 e. The summed E-state index contributed by atoms with van der Waals surface area (Å²) in [6, 6.07) is 6.06. The Balaban J connectivity index is 1.87. The van der Waals surface area contributed by atoms with E-state index in [2.05, 4.69) is 40.1 Å². The van der Waals surface area contributed by atoms with Crippen molar-refractivity contribution in [3.63, 3.8) is 0 Å². The Kier molecular flexibility index (Phi) is 5.94. The fraction of sp³-hybridized carbons (Fsp3) is 0.500. The average Bonchev–Trinajstić information content (AvgIpc) is 2.92. The molecule has 0 saturated carbocycles. The molecule has 0 aliphatic carbocycles. The number of amides is 1. The maximum atomic E-state index is 12.0. The van der Waals surface area contributed by atoms with Crippen LogP contribution >= 0.6 is 27.3 Å². The molecule has 22 heavy (non-hydrogen) atoms. The van der Waals surface area contributed by atoms with E-state index in [1.807, 2.05) is 18.2 Å². The molecule has 0 bridgehead atoms. The third-order valence-corrected chi connectivity index (χ3v) is 5.60. The summed E-state index contributed by atoms with van der Waals surface area (Å²) in [5.41, 5.74) is 6.87. The molecular weight excluding hydrogens is 362 g/mol. The largest absolute Gasteiger partial charge is 0.354 e. The second kappa shape index (κ2) is 7.53. The van der Waals surface area contributed by atoms with Gasteiger partial charge in [0.05, 0.1) is 15.2 Å². The number of aromatic nitrogens is 1. The Hall–Kier alpha value is -0.980. The summed E-state index contributed by atoms with van der Waals surface area (Å²) in [6.07, 6.45) is 2.83. The van der Waals surface area contributed by atoms with Gasteiger partial charge in [-0.15, -0.1) is 11.3 Å². The maximum Gasteiger partial charge on any atom is 0.220 e. The second-order valence-electron chi connectivity index (χ2n) is 5.57. The van der Waals surface area contributed by atoms with E-state index in [9.17, 15) is 4.79 Å². The average molecular weight is 384 g/mol. The molecular formula is C16H22BrN3OS. The number of carbonyl (C=O) groups excluding carboxylic acids is 1. The molecule has 2 aromatic rings. The number of thiazole rings is 1. The Morgan fingerprint density at radius 2 is 2.14 bits per heavy atom. The quantitative estimate of drug-likeness (QED) is 0.766. The van der Waals surface area contributed by atoms with Gasteiger partial charge in [-0.05, 0) is 31.0 Å². The van der Waals surface area contributed by atoms with Crippen LogP contribution in [0.1, 0.15) is 38.1 Å². The van der Waals surface area contributed by atoms with E-state index >= 15 is 0 Å². The van der Waals surface area contributed by atoms with Gasteiger partial charge < -0.3 is 11.1 Å². The molecule has 4 nitrogen and oxygen atoms in total. The van der Waals surface area contributed by atoms with Crippen LogP contribution in [0.2, 0.25) is 0 Å². The van der Waals surface area contributed by atoms with Crippen LogP contribution < -0.4 is 11.1 Å². The maximum absolute atomic E-state index is 12.0. The second-order valence-corrected chi connectivity index (χ2v) is 7.60. The number of rotatable bonds is 7. The first-order chi connectivity index (χ1) is 10.5. The minimum absolute atomic E-state index is 0.0390. The number of benzene rings is 1. The van der Waals surface area contributed by atoms with Gasteiger partial charge in [-0.2, -0.15) is 0 Å². The third-order valence-electron chi connectivity index (χ3n) is 4.01. The number of fused-ring (bicyclic) bond motifs is 1. The first-order valence-corrected chi connectivity index (χ1v) is 9.17. The molecule has 0 radical (unpaired) electrons. The number of hydrogen-bond acceptors (Lipinski definition) is 4. The van der Waals surface area contributed by atoms with Gasteiger partial charge in [0.1, 0.15) is 0 Å². The van der Waals surface area contributed by atoms with Gasteiger partial charge in [0.25, 0.3) is 0 Å².